The molecule has 0 heterocycles. The van der Waals surface area contributed by atoms with Crippen molar-refractivity contribution < 1.29 is 14.2 Å². The molecule has 102 valence electrons. The van der Waals surface area contributed by atoms with Crippen LogP contribution in [0.4, 0.5) is 4.39 Å². The third-order valence-corrected chi connectivity index (χ3v) is 3.60. The molecule has 1 fully saturated rings. The summed E-state index contributed by atoms with van der Waals surface area (Å²) in [5.74, 6) is 0.180. The van der Waals surface area contributed by atoms with Crippen LogP contribution in [0.1, 0.15) is 37.7 Å². The highest BCUT2D eigenvalue weighted by Gasteiger charge is 2.19. The molecule has 0 spiro atoms. The highest BCUT2D eigenvalue weighted by molar-refractivity contribution is 5.43. The monoisotopic (exact) mass is 263 g/mol. The Bertz CT molecular complexity index is 464. The molecule has 0 bridgehead atoms. The van der Waals surface area contributed by atoms with Crippen molar-refractivity contribution in [3.8, 4) is 11.8 Å². The average molecular weight is 263 g/mol. The van der Waals surface area contributed by atoms with Gasteiger partial charge in [-0.1, -0.05) is 31.7 Å². The molecule has 4 heteroatoms. The van der Waals surface area contributed by atoms with E-state index in [4.69, 9.17) is 10.00 Å². The summed E-state index contributed by atoms with van der Waals surface area (Å²) in [6, 6.07) is 6.04. The van der Waals surface area contributed by atoms with Gasteiger partial charge < -0.3 is 9.84 Å². The molecular weight excluding hydrogens is 245 g/mol. The van der Waals surface area contributed by atoms with Crippen LogP contribution in [0.3, 0.4) is 0 Å². The van der Waals surface area contributed by atoms with Gasteiger partial charge in [-0.2, -0.15) is 5.26 Å². The largest absolute Gasteiger partial charge is 0.489 e. The molecular formula is C15H18FNO2. The van der Waals surface area contributed by atoms with Crippen LogP contribution in [0.5, 0.6) is 5.75 Å². The predicted molar refractivity (Wildman–Crippen MR) is 69.2 cm³/mol. The van der Waals surface area contributed by atoms with Gasteiger partial charge in [-0.15, -0.1) is 0 Å². The number of hydrogen-bond acceptors (Lipinski definition) is 3. The molecule has 1 aromatic rings. The number of halogens is 1. The van der Waals surface area contributed by atoms with Crippen molar-refractivity contribution in [2.45, 2.75) is 38.2 Å². The number of aliphatic hydroxyl groups excluding tert-OH is 1. The van der Waals surface area contributed by atoms with E-state index in [1.165, 1.54) is 37.8 Å². The van der Waals surface area contributed by atoms with E-state index in [1.807, 2.05) is 0 Å². The van der Waals surface area contributed by atoms with Gasteiger partial charge in [-0.3, -0.25) is 0 Å². The zero-order chi connectivity index (χ0) is 13.7. The molecule has 0 radical (unpaired) electrons. The Morgan fingerprint density at radius 3 is 2.84 bits per heavy atom. The first-order chi connectivity index (χ1) is 9.20. The summed E-state index contributed by atoms with van der Waals surface area (Å²) in [5.41, 5.74) is -0.101. The maximum Gasteiger partial charge on any atom is 0.144 e. The molecule has 0 aromatic heterocycles. The molecule has 3 nitrogen and oxygen atoms in total. The van der Waals surface area contributed by atoms with Crippen LogP contribution in [0, 0.1) is 23.1 Å². The highest BCUT2D eigenvalue weighted by Crippen LogP contribution is 2.29. The Morgan fingerprint density at radius 2 is 2.16 bits per heavy atom. The lowest BCUT2D eigenvalue weighted by molar-refractivity contribution is 0.0852. The summed E-state index contributed by atoms with van der Waals surface area (Å²) >= 11 is 0. The van der Waals surface area contributed by atoms with Gasteiger partial charge in [-0.05, 0) is 24.5 Å². The summed E-state index contributed by atoms with van der Waals surface area (Å²) in [6.45, 7) is 0.106. The van der Waals surface area contributed by atoms with Gasteiger partial charge in [0.15, 0.2) is 0 Å². The first kappa shape index (κ1) is 13.8. The zero-order valence-corrected chi connectivity index (χ0v) is 10.8. The van der Waals surface area contributed by atoms with Crippen LogP contribution in [-0.4, -0.2) is 17.8 Å². The minimum atomic E-state index is -0.592. The number of ether oxygens (including phenoxy) is 1. The lowest BCUT2D eigenvalue weighted by Gasteiger charge is -2.16. The lowest BCUT2D eigenvalue weighted by atomic mass is 10.0. The second-order valence-corrected chi connectivity index (χ2v) is 5.08. The lowest BCUT2D eigenvalue weighted by Crippen LogP contribution is -2.20. The SMILES string of the molecule is N#Cc1c(F)cccc1OCC(O)CC1CCCC1. The number of aliphatic hydroxyl groups is 1. The van der Waals surface area contributed by atoms with Crippen LogP contribution in [-0.2, 0) is 0 Å². The van der Waals surface area contributed by atoms with Crippen LogP contribution < -0.4 is 4.74 Å². The molecule has 19 heavy (non-hydrogen) atoms. The quantitative estimate of drug-likeness (QED) is 0.888. The van der Waals surface area contributed by atoms with E-state index >= 15 is 0 Å². The smallest absolute Gasteiger partial charge is 0.144 e. The summed E-state index contributed by atoms with van der Waals surface area (Å²) in [7, 11) is 0. The molecule has 2 rings (SSSR count). The normalized spacial score (nSPS) is 17.1. The first-order valence-electron chi connectivity index (χ1n) is 6.70. The number of nitrogens with zero attached hydrogens (tertiary/aromatic N) is 1. The second kappa shape index (κ2) is 6.53. The van der Waals surface area contributed by atoms with Crippen LogP contribution in [0.25, 0.3) is 0 Å². The van der Waals surface area contributed by atoms with Gasteiger partial charge in [0, 0.05) is 0 Å². The number of nitriles is 1. The predicted octanol–water partition coefficient (Wildman–Crippen LogP) is 3.02. The van der Waals surface area contributed by atoms with Crippen LogP contribution in [0.15, 0.2) is 18.2 Å². The maximum absolute atomic E-state index is 13.3. The Morgan fingerprint density at radius 1 is 1.42 bits per heavy atom. The Kier molecular flexibility index (Phi) is 4.75. The van der Waals surface area contributed by atoms with Crippen molar-refractivity contribution in [3.05, 3.63) is 29.6 Å². The Labute approximate surface area is 112 Å². The molecule has 0 amide bonds. The van der Waals surface area contributed by atoms with E-state index in [0.717, 1.165) is 6.42 Å². The van der Waals surface area contributed by atoms with Crippen LogP contribution >= 0.6 is 0 Å². The molecule has 1 N–H and O–H groups in total. The van der Waals surface area contributed by atoms with Gasteiger partial charge in [-0.25, -0.2) is 4.39 Å². The van der Waals surface area contributed by atoms with Crippen molar-refractivity contribution in [2.24, 2.45) is 5.92 Å². The molecule has 1 aromatic carbocycles. The van der Waals surface area contributed by atoms with Crippen molar-refractivity contribution in [2.75, 3.05) is 6.61 Å². The minimum absolute atomic E-state index is 0.101. The summed E-state index contributed by atoms with van der Waals surface area (Å²) in [6.07, 6.45) is 4.97. The van der Waals surface area contributed by atoms with Gasteiger partial charge in [0.05, 0.1) is 6.10 Å². The standard InChI is InChI=1S/C15H18FNO2/c16-14-6-3-7-15(13(14)9-17)19-10-12(18)8-11-4-1-2-5-11/h3,6-7,11-12,18H,1-2,4-5,8,10H2. The van der Waals surface area contributed by atoms with E-state index in [1.54, 1.807) is 12.1 Å². The first-order valence-corrected chi connectivity index (χ1v) is 6.70. The van der Waals surface area contributed by atoms with Crippen molar-refractivity contribution in [1.29, 1.82) is 5.26 Å². The fourth-order valence-electron chi connectivity index (χ4n) is 2.62. The molecule has 1 aliphatic rings. The molecule has 1 atom stereocenters. The van der Waals surface area contributed by atoms with Gasteiger partial charge in [0.2, 0.25) is 0 Å². The van der Waals surface area contributed by atoms with Crippen molar-refractivity contribution in [1.82, 2.24) is 0 Å². The summed E-state index contributed by atoms with van der Waals surface area (Å²) < 4.78 is 18.7. The summed E-state index contributed by atoms with van der Waals surface area (Å²) in [4.78, 5) is 0. The number of hydrogen-bond donors (Lipinski definition) is 1. The molecule has 1 unspecified atom stereocenters. The van der Waals surface area contributed by atoms with Crippen molar-refractivity contribution >= 4 is 0 Å². The van der Waals surface area contributed by atoms with E-state index in [9.17, 15) is 9.50 Å². The molecule has 0 saturated heterocycles. The van der Waals surface area contributed by atoms with Crippen LogP contribution in [0.2, 0.25) is 0 Å². The van der Waals surface area contributed by atoms with Gasteiger partial charge >= 0.3 is 0 Å². The fourth-order valence-corrected chi connectivity index (χ4v) is 2.62. The zero-order valence-electron chi connectivity index (χ0n) is 10.8. The van der Waals surface area contributed by atoms with E-state index in [0.29, 0.717) is 5.92 Å². The highest BCUT2D eigenvalue weighted by atomic mass is 19.1. The average Bonchev–Trinajstić information content (AvgIpc) is 2.89. The maximum atomic E-state index is 13.3. The molecule has 0 aliphatic heterocycles. The van der Waals surface area contributed by atoms with E-state index in [2.05, 4.69) is 0 Å². The van der Waals surface area contributed by atoms with Crippen molar-refractivity contribution in [3.63, 3.8) is 0 Å². The van der Waals surface area contributed by atoms with Gasteiger partial charge in [0.1, 0.15) is 29.8 Å². The second-order valence-electron chi connectivity index (χ2n) is 5.08. The third-order valence-electron chi connectivity index (χ3n) is 3.60. The number of benzene rings is 1. The fraction of sp³-hybridized carbons (Fsp3) is 0.533. The molecule has 1 aliphatic carbocycles. The third kappa shape index (κ3) is 3.68. The topological polar surface area (TPSA) is 53.2 Å². The van der Waals surface area contributed by atoms with Gasteiger partial charge in [0.25, 0.3) is 0 Å². The summed E-state index contributed by atoms with van der Waals surface area (Å²) in [5, 5.41) is 18.8. The Hall–Kier alpha value is -1.60. The molecule has 1 saturated carbocycles. The minimum Gasteiger partial charge on any atom is -0.489 e. The van der Waals surface area contributed by atoms with E-state index in [-0.39, 0.29) is 17.9 Å². The number of rotatable bonds is 5. The van der Waals surface area contributed by atoms with E-state index < -0.39 is 11.9 Å². The Balaban J connectivity index is 1.88.